The van der Waals surface area contributed by atoms with Crippen LogP contribution in [0.5, 0.6) is 0 Å². The standard InChI is InChI=1S/C9H12BIO7/c1-5(2)10-16-6(12)3-9(18-10,8(14)15)4-7(13)17-11/h5H,3-4H2,1-2H3,(H,14,15). The molecule has 0 spiro atoms. The molecule has 0 amide bonds. The van der Waals surface area contributed by atoms with Crippen LogP contribution in [0.15, 0.2) is 0 Å². The van der Waals surface area contributed by atoms with Gasteiger partial charge in [0.15, 0.2) is 28.6 Å². The molecule has 0 aromatic carbocycles. The second-order valence-electron chi connectivity index (χ2n) is 4.32. The van der Waals surface area contributed by atoms with Crippen LogP contribution in [0, 0.1) is 0 Å². The molecule has 1 atom stereocenters. The predicted molar refractivity (Wildman–Crippen MR) is 67.7 cm³/mol. The fourth-order valence-corrected chi connectivity index (χ4v) is 1.69. The first kappa shape index (κ1) is 15.2. The Bertz CT molecular complexity index is 372. The molecule has 0 aliphatic carbocycles. The Morgan fingerprint density at radius 3 is 2.67 bits per heavy atom. The quantitative estimate of drug-likeness (QED) is 0.581. The lowest BCUT2D eigenvalue weighted by molar-refractivity contribution is -0.174. The smallest absolute Gasteiger partial charge is 0.509 e. The monoisotopic (exact) mass is 370 g/mol. The number of rotatable bonds is 4. The van der Waals surface area contributed by atoms with E-state index in [2.05, 4.69) is 3.07 Å². The maximum absolute atomic E-state index is 11.4. The van der Waals surface area contributed by atoms with Gasteiger partial charge in [0, 0.05) is 5.82 Å². The summed E-state index contributed by atoms with van der Waals surface area (Å²) in [4.78, 5) is 34.0. The van der Waals surface area contributed by atoms with Gasteiger partial charge < -0.3 is 17.5 Å². The summed E-state index contributed by atoms with van der Waals surface area (Å²) in [6.07, 6.45) is -1.05. The molecule has 1 N–H and O–H groups in total. The van der Waals surface area contributed by atoms with Crippen molar-refractivity contribution in [1.82, 2.24) is 0 Å². The first-order chi connectivity index (χ1) is 8.30. The minimum absolute atomic E-state index is 0.219. The molecular formula is C9H12BIO7. The molecule has 0 radical (unpaired) electrons. The summed E-state index contributed by atoms with van der Waals surface area (Å²) in [6.45, 7) is 3.43. The van der Waals surface area contributed by atoms with Crippen LogP contribution in [-0.2, 0) is 26.8 Å². The number of hydrogen-bond donors (Lipinski definition) is 1. The van der Waals surface area contributed by atoms with Crippen molar-refractivity contribution >= 4 is 48.0 Å². The molecule has 0 aromatic rings. The third kappa shape index (κ3) is 3.34. The summed E-state index contributed by atoms with van der Waals surface area (Å²) < 4.78 is 14.6. The highest BCUT2D eigenvalue weighted by Gasteiger charge is 2.53. The maximum atomic E-state index is 11.4. The van der Waals surface area contributed by atoms with Gasteiger partial charge in [-0.15, -0.1) is 0 Å². The van der Waals surface area contributed by atoms with Crippen LogP contribution in [0.2, 0.25) is 5.82 Å². The SMILES string of the molecule is CC(C)B1OC(=O)CC(CC(=O)OI)(C(=O)O)O1. The van der Waals surface area contributed by atoms with E-state index in [1.807, 2.05) is 0 Å². The van der Waals surface area contributed by atoms with Crippen molar-refractivity contribution in [3.8, 4) is 0 Å². The molecule has 100 valence electrons. The fraction of sp³-hybridized carbons (Fsp3) is 0.667. The summed E-state index contributed by atoms with van der Waals surface area (Å²) in [5.74, 6) is -3.07. The van der Waals surface area contributed by atoms with Gasteiger partial charge in [-0.3, -0.25) is 9.59 Å². The molecule has 1 aliphatic rings. The highest BCUT2D eigenvalue weighted by Crippen LogP contribution is 2.31. The summed E-state index contributed by atoms with van der Waals surface area (Å²) in [5, 5.41) is 9.21. The zero-order valence-corrected chi connectivity index (χ0v) is 12.0. The van der Waals surface area contributed by atoms with Gasteiger partial charge in [0.2, 0.25) is 0 Å². The van der Waals surface area contributed by atoms with Crippen LogP contribution >= 0.6 is 23.0 Å². The van der Waals surface area contributed by atoms with Crippen LogP contribution < -0.4 is 0 Å². The van der Waals surface area contributed by atoms with Gasteiger partial charge in [-0.25, -0.2) is 4.79 Å². The van der Waals surface area contributed by atoms with Crippen LogP contribution in [0.1, 0.15) is 26.7 Å². The van der Waals surface area contributed by atoms with E-state index in [1.54, 1.807) is 13.8 Å². The van der Waals surface area contributed by atoms with Crippen molar-refractivity contribution in [2.75, 3.05) is 0 Å². The van der Waals surface area contributed by atoms with Gasteiger partial charge in [0.25, 0.3) is 5.97 Å². The van der Waals surface area contributed by atoms with E-state index >= 15 is 0 Å². The largest absolute Gasteiger partial charge is 0.530 e. The number of aliphatic carboxylic acids is 1. The van der Waals surface area contributed by atoms with Crippen molar-refractivity contribution in [3.63, 3.8) is 0 Å². The van der Waals surface area contributed by atoms with Gasteiger partial charge in [0.1, 0.15) is 0 Å². The summed E-state index contributed by atoms with van der Waals surface area (Å²) >= 11 is 1.35. The van der Waals surface area contributed by atoms with E-state index in [1.165, 1.54) is 23.0 Å². The maximum Gasteiger partial charge on any atom is 0.530 e. The normalized spacial score (nSPS) is 23.8. The van der Waals surface area contributed by atoms with Crippen molar-refractivity contribution in [2.24, 2.45) is 0 Å². The lowest BCUT2D eigenvalue weighted by Crippen LogP contribution is -2.55. The summed E-state index contributed by atoms with van der Waals surface area (Å²) in [7, 11) is -0.982. The number of carbonyl (C=O) groups excluding carboxylic acids is 2. The summed E-state index contributed by atoms with van der Waals surface area (Å²) in [5.41, 5.74) is -1.91. The molecule has 1 fully saturated rings. The number of carboxylic acids is 1. The number of carboxylic acid groups (broad SMARTS) is 1. The zero-order chi connectivity index (χ0) is 13.9. The Labute approximate surface area is 118 Å². The number of hydrogen-bond acceptors (Lipinski definition) is 6. The summed E-state index contributed by atoms with van der Waals surface area (Å²) in [6, 6.07) is 0. The van der Waals surface area contributed by atoms with Crippen LogP contribution in [0.4, 0.5) is 0 Å². The molecule has 1 aliphatic heterocycles. The highest BCUT2D eigenvalue weighted by atomic mass is 127. The average molecular weight is 370 g/mol. The van der Waals surface area contributed by atoms with Crippen molar-refractivity contribution < 1.29 is 31.9 Å². The van der Waals surface area contributed by atoms with E-state index in [4.69, 9.17) is 9.31 Å². The minimum atomic E-state index is -1.91. The topological polar surface area (TPSA) is 99.1 Å². The lowest BCUT2D eigenvalue weighted by atomic mass is 9.71. The Kier molecular flexibility index (Phi) is 4.96. The molecule has 1 rings (SSSR count). The Hall–Kier alpha value is -0.835. The Morgan fingerprint density at radius 2 is 2.22 bits per heavy atom. The molecule has 1 heterocycles. The van der Waals surface area contributed by atoms with Crippen LogP contribution in [0.3, 0.4) is 0 Å². The van der Waals surface area contributed by atoms with Crippen molar-refractivity contribution in [3.05, 3.63) is 0 Å². The fourth-order valence-electron chi connectivity index (χ4n) is 1.53. The van der Waals surface area contributed by atoms with Gasteiger partial charge >= 0.3 is 19.1 Å². The highest BCUT2D eigenvalue weighted by molar-refractivity contribution is 14.1. The third-order valence-electron chi connectivity index (χ3n) is 2.47. The Morgan fingerprint density at radius 1 is 1.61 bits per heavy atom. The van der Waals surface area contributed by atoms with E-state index in [0.29, 0.717) is 0 Å². The van der Waals surface area contributed by atoms with Crippen LogP contribution in [-0.4, -0.2) is 35.7 Å². The minimum Gasteiger partial charge on any atom is -0.509 e. The zero-order valence-electron chi connectivity index (χ0n) is 9.84. The molecule has 0 aromatic heterocycles. The lowest BCUT2D eigenvalue weighted by Gasteiger charge is -2.36. The average Bonchev–Trinajstić information content (AvgIpc) is 2.27. The first-order valence-corrected chi connectivity index (χ1v) is 6.11. The second-order valence-corrected chi connectivity index (χ2v) is 4.76. The van der Waals surface area contributed by atoms with Crippen LogP contribution in [0.25, 0.3) is 0 Å². The molecule has 0 bridgehead atoms. The van der Waals surface area contributed by atoms with E-state index < -0.39 is 43.5 Å². The molecule has 0 saturated carbocycles. The van der Waals surface area contributed by atoms with Gasteiger partial charge in [-0.1, -0.05) is 13.8 Å². The first-order valence-electron chi connectivity index (χ1n) is 5.23. The molecule has 1 saturated heterocycles. The van der Waals surface area contributed by atoms with Crippen molar-refractivity contribution in [1.29, 1.82) is 0 Å². The third-order valence-corrected chi connectivity index (χ3v) is 2.96. The predicted octanol–water partition coefficient (Wildman–Crippen LogP) is 0.955. The van der Waals surface area contributed by atoms with E-state index in [0.717, 1.165) is 0 Å². The van der Waals surface area contributed by atoms with E-state index in [-0.39, 0.29) is 5.82 Å². The molecule has 9 heteroatoms. The van der Waals surface area contributed by atoms with E-state index in [9.17, 15) is 19.5 Å². The van der Waals surface area contributed by atoms with Crippen molar-refractivity contribution in [2.45, 2.75) is 38.1 Å². The molecule has 18 heavy (non-hydrogen) atoms. The number of carbonyl (C=O) groups is 3. The molecule has 7 nitrogen and oxygen atoms in total. The second kappa shape index (κ2) is 5.87. The molecule has 1 unspecified atom stereocenters. The molecular weight excluding hydrogens is 358 g/mol. The number of halogens is 1. The Balaban J connectivity index is 2.98. The van der Waals surface area contributed by atoms with Gasteiger partial charge in [-0.05, 0) is 0 Å². The van der Waals surface area contributed by atoms with Gasteiger partial charge in [0.05, 0.1) is 12.8 Å². The van der Waals surface area contributed by atoms with Gasteiger partial charge in [-0.2, -0.15) is 0 Å².